The number of amides is 1. The molecule has 454 valence electrons. The molecule has 1 amide bonds. The predicted molar refractivity (Wildman–Crippen MR) is 318 cm³/mol. The molecule has 14 atom stereocenters. The average Bonchev–Trinajstić information content (AvgIpc) is 1.47. The van der Waals surface area contributed by atoms with Crippen LogP contribution in [0.15, 0.2) is 85.5 Å². The van der Waals surface area contributed by atoms with Gasteiger partial charge in [-0.05, 0) is 118 Å². The van der Waals surface area contributed by atoms with Gasteiger partial charge in [0, 0.05) is 109 Å². The van der Waals surface area contributed by atoms with Crippen LogP contribution in [0.2, 0.25) is 0 Å². The van der Waals surface area contributed by atoms with Crippen LogP contribution in [-0.2, 0) is 66.3 Å². The number of para-hydroxylation sites is 1. The Labute approximate surface area is 494 Å². The van der Waals surface area contributed by atoms with Crippen LogP contribution < -0.4 is 20.3 Å². The minimum absolute atomic E-state index is 0.0777. The fraction of sp³-hybridized carbons (Fsp3) is 0.576. The quantitative estimate of drug-likeness (QED) is 0.0172. The van der Waals surface area contributed by atoms with Crippen LogP contribution in [-0.4, -0.2) is 135 Å². The second kappa shape index (κ2) is 25.0. The summed E-state index contributed by atoms with van der Waals surface area (Å²) in [5.41, 5.74) is 3.91. The van der Waals surface area contributed by atoms with E-state index in [-0.39, 0.29) is 36.0 Å². The van der Waals surface area contributed by atoms with Gasteiger partial charge in [-0.15, -0.1) is 6.58 Å². The number of ether oxygens (including phenoxy) is 6. The number of aliphatic hydroxyl groups is 1. The summed E-state index contributed by atoms with van der Waals surface area (Å²) in [6, 6.07) is 19.2. The largest absolute Gasteiger partial charge is 0.496 e. The van der Waals surface area contributed by atoms with Crippen molar-refractivity contribution in [2.45, 2.75) is 165 Å². The topological polar surface area (TPSA) is 209 Å². The standard InChI is InChI=1S/C66H87N5O13/c1-11-19-43(12-2)63(6,76)84-83-46-21-17-20-45(32-46)82-62(75)68-44-26-24-41(25-27-44)38-80-64(13-3)35-42-36-66(61(74)79-10,57-48(28-31-71(37-42)39-64)47-22-15-16-23-51(47)69-57)50-33-49-52(34-53(50)77-8)70(7)56-54(49)58-65(14-4,29-18-30-67-58)59(81-40(5)72)55(56)60(73)78-9/h11,15-16,18,22-27,29,33-34,42-43,45-46,54-56,58-59,67,69,76H,1,12-14,17,19-21,28,30-32,35-39H2,2-10H3,(H,68,75)/t42-,43?,45?,46-,54+,55?,56?,58-,59+,63-,64+,65-,66+/m1/s1. The van der Waals surface area contributed by atoms with Crippen LogP contribution in [0.25, 0.3) is 10.9 Å². The number of carbonyl (C=O) groups is 4. The van der Waals surface area contributed by atoms with E-state index in [1.165, 1.54) is 21.1 Å². The first-order valence-corrected chi connectivity index (χ1v) is 30.3. The number of carbonyl (C=O) groups excluding carboxylic acids is 4. The average molecular weight is 1160 g/mol. The van der Waals surface area contributed by atoms with E-state index in [9.17, 15) is 19.5 Å². The molecule has 6 aliphatic rings. The number of fused-ring (bicyclic) bond motifs is 10. The molecule has 10 rings (SSSR count). The van der Waals surface area contributed by atoms with Gasteiger partial charge in [0.25, 0.3) is 0 Å². The van der Waals surface area contributed by atoms with Gasteiger partial charge in [-0.2, -0.15) is 0 Å². The number of aromatic amines is 1. The molecule has 84 heavy (non-hydrogen) atoms. The molecule has 2 saturated carbocycles. The van der Waals surface area contributed by atoms with E-state index >= 15 is 4.79 Å². The molecule has 0 spiro atoms. The zero-order chi connectivity index (χ0) is 59.7. The number of H-pyrrole nitrogens is 1. The molecule has 4 aliphatic heterocycles. The highest BCUT2D eigenvalue weighted by atomic mass is 17.2. The Morgan fingerprint density at radius 1 is 0.976 bits per heavy atom. The lowest BCUT2D eigenvalue weighted by molar-refractivity contribution is -0.447. The molecule has 2 aliphatic carbocycles. The van der Waals surface area contributed by atoms with Crippen LogP contribution in [0.1, 0.15) is 133 Å². The molecule has 1 saturated heterocycles. The Morgan fingerprint density at radius 2 is 1.75 bits per heavy atom. The Kier molecular flexibility index (Phi) is 18.1. The van der Waals surface area contributed by atoms with E-state index in [2.05, 4.69) is 76.2 Å². The van der Waals surface area contributed by atoms with Crippen molar-refractivity contribution in [3.05, 3.63) is 113 Å². The fourth-order valence-electron chi connectivity index (χ4n) is 15.7. The maximum absolute atomic E-state index is 15.7. The van der Waals surface area contributed by atoms with Gasteiger partial charge in [0.1, 0.15) is 29.3 Å². The lowest BCUT2D eigenvalue weighted by Gasteiger charge is -2.56. The fourth-order valence-corrected chi connectivity index (χ4v) is 15.7. The highest BCUT2D eigenvalue weighted by molar-refractivity contribution is 5.94. The molecule has 1 aromatic heterocycles. The van der Waals surface area contributed by atoms with Gasteiger partial charge < -0.3 is 48.7 Å². The first-order chi connectivity index (χ1) is 40.4. The van der Waals surface area contributed by atoms with Crippen molar-refractivity contribution in [1.82, 2.24) is 15.2 Å². The normalized spacial score (nSPS) is 30.8. The Bertz CT molecular complexity index is 3090. The lowest BCUT2D eigenvalue weighted by atomic mass is 9.55. The van der Waals surface area contributed by atoms with Gasteiger partial charge in [-0.25, -0.2) is 14.6 Å². The van der Waals surface area contributed by atoms with E-state index in [4.69, 9.17) is 38.2 Å². The van der Waals surface area contributed by atoms with Gasteiger partial charge in [0.2, 0.25) is 0 Å². The molecule has 5 heterocycles. The molecule has 18 heteroatoms. The van der Waals surface area contributed by atoms with E-state index in [1.54, 1.807) is 20.1 Å². The number of rotatable bonds is 19. The number of aromatic nitrogens is 1. The summed E-state index contributed by atoms with van der Waals surface area (Å²) in [7, 11) is 6.45. The van der Waals surface area contributed by atoms with Crippen LogP contribution in [0.5, 0.6) is 5.75 Å². The van der Waals surface area contributed by atoms with Gasteiger partial charge in [0.05, 0.1) is 45.7 Å². The van der Waals surface area contributed by atoms with Crippen LogP contribution >= 0.6 is 0 Å². The second-order valence-electron chi connectivity index (χ2n) is 24.6. The Balaban J connectivity index is 0.933. The molecule has 4 N–H and O–H groups in total. The second-order valence-corrected chi connectivity index (χ2v) is 24.6. The number of allylic oxidation sites excluding steroid dienone is 1. The molecule has 4 aromatic rings. The molecule has 2 bridgehead atoms. The number of likely N-dealkylation sites (N-methyl/N-ethyl adjacent to an activating group) is 1. The Hall–Kier alpha value is -6.28. The summed E-state index contributed by atoms with van der Waals surface area (Å²) < 4.78 is 37.5. The number of anilines is 2. The third kappa shape index (κ3) is 11.3. The van der Waals surface area contributed by atoms with Crippen molar-refractivity contribution in [3.8, 4) is 5.75 Å². The summed E-state index contributed by atoms with van der Waals surface area (Å²) in [5.74, 6) is -3.76. The monoisotopic (exact) mass is 1160 g/mol. The van der Waals surface area contributed by atoms with Crippen molar-refractivity contribution >= 4 is 46.3 Å². The van der Waals surface area contributed by atoms with Gasteiger partial charge in [-0.1, -0.05) is 69.3 Å². The van der Waals surface area contributed by atoms with E-state index < -0.39 is 64.3 Å². The molecular weight excluding hydrogens is 1070 g/mol. The van der Waals surface area contributed by atoms with E-state index in [0.717, 1.165) is 64.9 Å². The number of hydrogen-bond acceptors (Lipinski definition) is 16. The van der Waals surface area contributed by atoms with Gasteiger partial charge >= 0.3 is 24.0 Å². The third-order valence-corrected chi connectivity index (χ3v) is 19.8. The first kappa shape index (κ1) is 60.8. The molecule has 0 radical (unpaired) electrons. The number of methoxy groups -OCH3 is 3. The maximum Gasteiger partial charge on any atom is 0.411 e. The number of hydrogen-bond donors (Lipinski definition) is 4. The smallest absolute Gasteiger partial charge is 0.411 e. The minimum atomic E-state index is -1.48. The number of esters is 3. The van der Waals surface area contributed by atoms with Crippen molar-refractivity contribution in [1.29, 1.82) is 0 Å². The predicted octanol–water partition coefficient (Wildman–Crippen LogP) is 9.95. The van der Waals surface area contributed by atoms with Crippen LogP contribution in [0.4, 0.5) is 16.2 Å². The molecule has 18 nitrogen and oxygen atoms in total. The van der Waals surface area contributed by atoms with Gasteiger partial charge in [-0.3, -0.25) is 24.6 Å². The van der Waals surface area contributed by atoms with E-state index in [1.807, 2.05) is 56.4 Å². The van der Waals surface area contributed by atoms with Crippen LogP contribution in [0, 0.1) is 23.2 Å². The van der Waals surface area contributed by atoms with Crippen molar-refractivity contribution < 1.29 is 62.5 Å². The van der Waals surface area contributed by atoms with Gasteiger partial charge in [0.15, 0.2) is 5.79 Å². The first-order valence-electron chi connectivity index (χ1n) is 30.3. The minimum Gasteiger partial charge on any atom is -0.496 e. The Morgan fingerprint density at radius 3 is 2.45 bits per heavy atom. The zero-order valence-corrected chi connectivity index (χ0v) is 50.5. The summed E-state index contributed by atoms with van der Waals surface area (Å²) in [5, 5.41) is 18.7. The third-order valence-electron chi connectivity index (χ3n) is 19.8. The van der Waals surface area contributed by atoms with Crippen molar-refractivity contribution in [3.63, 3.8) is 0 Å². The van der Waals surface area contributed by atoms with Crippen molar-refractivity contribution in [2.24, 2.45) is 23.2 Å². The number of piperidine rings is 1. The summed E-state index contributed by atoms with van der Waals surface area (Å²) in [6.45, 7) is 16.0. The number of nitrogens with one attached hydrogen (secondary N) is 3. The molecule has 3 fully saturated rings. The number of nitrogens with zero attached hydrogens (tertiary/aromatic N) is 2. The summed E-state index contributed by atoms with van der Waals surface area (Å²) in [4.78, 5) is 76.1. The van der Waals surface area contributed by atoms with Crippen LogP contribution in [0.3, 0.4) is 0 Å². The lowest BCUT2D eigenvalue weighted by Crippen LogP contribution is -2.69. The zero-order valence-electron chi connectivity index (χ0n) is 50.5. The van der Waals surface area contributed by atoms with Crippen molar-refractivity contribution in [2.75, 3.05) is 64.8 Å². The maximum atomic E-state index is 15.7. The number of benzene rings is 3. The molecular formula is C66H87N5O13. The summed E-state index contributed by atoms with van der Waals surface area (Å²) >= 11 is 0. The molecule has 4 unspecified atom stereocenters. The molecule has 3 aromatic carbocycles. The highest BCUT2D eigenvalue weighted by Gasteiger charge is 2.66. The summed E-state index contributed by atoms with van der Waals surface area (Å²) in [6.07, 6.45) is 10.7. The van der Waals surface area contributed by atoms with E-state index in [0.29, 0.717) is 94.5 Å². The SMILES string of the molecule is C=CCC(CC)[C@](C)(O)OO[C@@H]1CCCC(OC(=O)Nc2ccc(CO[C@@]3(CC)C[C@H]4C[N@](CCc5c([nH]c6ccccc56)[C@@](C(=O)OC)(c5cc6c(cc5OC)N(C)C5C(C(=O)OC)[C@H](OC(C)=O)[C@]7(CC)C=CCN[C@@H]7[C@@H]65)C4)C3)cc2)C1. The highest BCUT2D eigenvalue weighted by Crippen LogP contribution is 2.61.